The molecule has 138 valence electrons. The Labute approximate surface area is 158 Å². The molecule has 0 bridgehead atoms. The van der Waals surface area contributed by atoms with Gasteiger partial charge in [0, 0.05) is 28.6 Å². The molecule has 3 rings (SSSR count). The molecule has 2 N–H and O–H groups in total. The lowest BCUT2D eigenvalue weighted by atomic mass is 10.2. The van der Waals surface area contributed by atoms with Crippen molar-refractivity contribution in [2.45, 2.75) is 17.9 Å². The Morgan fingerprint density at radius 3 is 2.58 bits per heavy atom. The van der Waals surface area contributed by atoms with Crippen LogP contribution in [0.25, 0.3) is 0 Å². The van der Waals surface area contributed by atoms with Gasteiger partial charge in [-0.25, -0.2) is 0 Å². The number of quaternary nitrogens is 1. The van der Waals surface area contributed by atoms with Gasteiger partial charge in [0.1, 0.15) is 6.54 Å². The van der Waals surface area contributed by atoms with E-state index in [1.807, 2.05) is 25.2 Å². The number of carbonyl (C=O) groups excluding carboxylic acids is 1. The molecule has 1 aliphatic rings. The van der Waals surface area contributed by atoms with Gasteiger partial charge in [0.25, 0.3) is 5.91 Å². The zero-order chi connectivity index (χ0) is 18.4. The Morgan fingerprint density at radius 1 is 1.12 bits per heavy atom. The lowest BCUT2D eigenvalue weighted by Gasteiger charge is -2.15. The standard InChI is InChI=1S/C20H24N2O3S/c1-22(13-15-4-7-17(26-2)8-5-15)14-20(23)21-16-6-9-18-19(12-16)25-11-3-10-24-18/h4-9,12H,3,10-11,13-14H2,1-2H3,(H,21,23)/p+1. The average Bonchev–Trinajstić information content (AvgIpc) is 2.87. The van der Waals surface area contributed by atoms with E-state index in [9.17, 15) is 4.79 Å². The number of hydrogen-bond donors (Lipinski definition) is 2. The molecule has 0 spiro atoms. The summed E-state index contributed by atoms with van der Waals surface area (Å²) in [6, 6.07) is 14.0. The molecule has 5 nitrogen and oxygen atoms in total. The molecule has 1 amide bonds. The molecule has 1 heterocycles. The van der Waals surface area contributed by atoms with E-state index >= 15 is 0 Å². The number of nitrogens with one attached hydrogen (secondary N) is 2. The van der Waals surface area contributed by atoms with E-state index < -0.39 is 0 Å². The van der Waals surface area contributed by atoms with Crippen molar-refractivity contribution in [3.63, 3.8) is 0 Å². The van der Waals surface area contributed by atoms with Crippen LogP contribution in [0.5, 0.6) is 11.5 Å². The van der Waals surface area contributed by atoms with Crippen LogP contribution in [0, 0.1) is 0 Å². The van der Waals surface area contributed by atoms with Crippen molar-refractivity contribution in [1.29, 1.82) is 0 Å². The SMILES string of the molecule is CSc1ccc(C[NH+](C)CC(=O)Nc2ccc3c(c2)OCCCO3)cc1. The first-order valence-corrected chi connectivity index (χ1v) is 10.0. The molecule has 0 saturated carbocycles. The Hall–Kier alpha value is -2.18. The van der Waals surface area contributed by atoms with E-state index in [-0.39, 0.29) is 5.91 Å². The summed E-state index contributed by atoms with van der Waals surface area (Å²) in [5.74, 6) is 1.41. The van der Waals surface area contributed by atoms with E-state index in [0.717, 1.165) is 29.3 Å². The first kappa shape index (κ1) is 18.6. The van der Waals surface area contributed by atoms with Crippen molar-refractivity contribution in [3.05, 3.63) is 48.0 Å². The summed E-state index contributed by atoms with van der Waals surface area (Å²) in [4.78, 5) is 14.7. The molecule has 0 radical (unpaired) electrons. The van der Waals surface area contributed by atoms with Crippen LogP contribution in [0.15, 0.2) is 47.4 Å². The van der Waals surface area contributed by atoms with Gasteiger partial charge < -0.3 is 19.7 Å². The Balaban J connectivity index is 1.53. The number of benzene rings is 2. The number of rotatable bonds is 6. The maximum atomic E-state index is 12.3. The van der Waals surface area contributed by atoms with E-state index in [1.165, 1.54) is 10.5 Å². The van der Waals surface area contributed by atoms with E-state index in [0.29, 0.717) is 25.5 Å². The second-order valence-electron chi connectivity index (χ2n) is 6.42. The highest BCUT2D eigenvalue weighted by Gasteiger charge is 2.14. The third kappa shape index (κ3) is 5.16. The van der Waals surface area contributed by atoms with Crippen LogP contribution in [-0.4, -0.2) is 39.0 Å². The number of likely N-dealkylation sites (N-methyl/N-ethyl adjacent to an activating group) is 1. The largest absolute Gasteiger partial charge is 0.490 e. The molecule has 0 fully saturated rings. The van der Waals surface area contributed by atoms with Gasteiger partial charge in [-0.3, -0.25) is 4.79 Å². The zero-order valence-electron chi connectivity index (χ0n) is 15.2. The molecule has 1 unspecified atom stereocenters. The normalized spacial score (nSPS) is 14.4. The third-order valence-electron chi connectivity index (χ3n) is 4.16. The minimum absolute atomic E-state index is 0.0160. The van der Waals surface area contributed by atoms with Gasteiger partial charge in [0.2, 0.25) is 0 Å². The topological polar surface area (TPSA) is 52.0 Å². The molecule has 1 aliphatic heterocycles. The highest BCUT2D eigenvalue weighted by atomic mass is 32.2. The van der Waals surface area contributed by atoms with Gasteiger partial charge in [-0.05, 0) is 30.5 Å². The molecule has 0 aliphatic carbocycles. The number of carbonyl (C=O) groups is 1. The van der Waals surface area contributed by atoms with Crippen molar-refractivity contribution in [1.82, 2.24) is 0 Å². The second-order valence-corrected chi connectivity index (χ2v) is 7.30. The van der Waals surface area contributed by atoms with Crippen molar-refractivity contribution in [2.24, 2.45) is 0 Å². The molecular weight excluding hydrogens is 348 g/mol. The summed E-state index contributed by atoms with van der Waals surface area (Å²) in [5, 5.41) is 2.95. The van der Waals surface area contributed by atoms with Gasteiger partial charge in [-0.2, -0.15) is 0 Å². The van der Waals surface area contributed by atoms with Crippen LogP contribution in [0.4, 0.5) is 5.69 Å². The smallest absolute Gasteiger partial charge is 0.279 e. The third-order valence-corrected chi connectivity index (χ3v) is 4.90. The molecule has 0 aromatic heterocycles. The van der Waals surface area contributed by atoms with Crippen LogP contribution in [0.2, 0.25) is 0 Å². The summed E-state index contributed by atoms with van der Waals surface area (Å²) in [5.41, 5.74) is 1.96. The number of anilines is 1. The fraction of sp³-hybridized carbons (Fsp3) is 0.350. The molecular formula is C20H25N2O3S+. The Morgan fingerprint density at radius 2 is 1.85 bits per heavy atom. The summed E-state index contributed by atoms with van der Waals surface area (Å²) < 4.78 is 11.3. The lowest BCUT2D eigenvalue weighted by molar-refractivity contribution is -0.885. The van der Waals surface area contributed by atoms with Crippen LogP contribution < -0.4 is 19.7 Å². The minimum atomic E-state index is -0.0160. The fourth-order valence-electron chi connectivity index (χ4n) is 2.87. The maximum Gasteiger partial charge on any atom is 0.279 e. The van der Waals surface area contributed by atoms with Gasteiger partial charge >= 0.3 is 0 Å². The fourth-order valence-corrected chi connectivity index (χ4v) is 3.28. The molecule has 26 heavy (non-hydrogen) atoms. The summed E-state index contributed by atoms with van der Waals surface area (Å²) in [6.07, 6.45) is 2.93. The molecule has 1 atom stereocenters. The Kier molecular flexibility index (Phi) is 6.41. The number of ether oxygens (including phenoxy) is 2. The highest BCUT2D eigenvalue weighted by molar-refractivity contribution is 7.98. The number of amides is 1. The van der Waals surface area contributed by atoms with Crippen LogP contribution >= 0.6 is 11.8 Å². The summed E-state index contributed by atoms with van der Waals surface area (Å²) >= 11 is 1.73. The molecule has 0 saturated heterocycles. The Bertz CT molecular complexity index is 749. The van der Waals surface area contributed by atoms with Crippen LogP contribution in [0.1, 0.15) is 12.0 Å². The minimum Gasteiger partial charge on any atom is -0.490 e. The van der Waals surface area contributed by atoms with Crippen molar-refractivity contribution in [2.75, 3.05) is 38.4 Å². The first-order chi connectivity index (χ1) is 12.6. The van der Waals surface area contributed by atoms with E-state index in [2.05, 4.69) is 35.8 Å². The zero-order valence-corrected chi connectivity index (χ0v) is 16.0. The van der Waals surface area contributed by atoms with Gasteiger partial charge in [-0.15, -0.1) is 11.8 Å². The van der Waals surface area contributed by atoms with Gasteiger partial charge in [0.15, 0.2) is 18.0 Å². The summed E-state index contributed by atoms with van der Waals surface area (Å²) in [6.45, 7) is 2.50. The molecule has 2 aromatic carbocycles. The number of hydrogen-bond acceptors (Lipinski definition) is 4. The first-order valence-electron chi connectivity index (χ1n) is 8.78. The van der Waals surface area contributed by atoms with Crippen molar-refractivity contribution < 1.29 is 19.2 Å². The highest BCUT2D eigenvalue weighted by Crippen LogP contribution is 2.32. The van der Waals surface area contributed by atoms with E-state index in [4.69, 9.17) is 9.47 Å². The van der Waals surface area contributed by atoms with Crippen LogP contribution in [-0.2, 0) is 11.3 Å². The monoisotopic (exact) mass is 373 g/mol. The lowest BCUT2D eigenvalue weighted by Crippen LogP contribution is -3.08. The summed E-state index contributed by atoms with van der Waals surface area (Å²) in [7, 11) is 2.02. The van der Waals surface area contributed by atoms with Gasteiger partial charge in [0.05, 0.1) is 20.3 Å². The number of thioether (sulfide) groups is 1. The quantitative estimate of drug-likeness (QED) is 0.763. The second kappa shape index (κ2) is 8.96. The average molecular weight is 373 g/mol. The molecule has 2 aromatic rings. The van der Waals surface area contributed by atoms with Crippen molar-refractivity contribution >= 4 is 23.4 Å². The predicted octanol–water partition coefficient (Wildman–Crippen LogP) is 2.22. The predicted molar refractivity (Wildman–Crippen MR) is 104 cm³/mol. The van der Waals surface area contributed by atoms with Crippen molar-refractivity contribution in [3.8, 4) is 11.5 Å². The van der Waals surface area contributed by atoms with E-state index in [1.54, 1.807) is 11.8 Å². The maximum absolute atomic E-state index is 12.3. The molecule has 6 heteroatoms. The van der Waals surface area contributed by atoms with Crippen LogP contribution in [0.3, 0.4) is 0 Å². The van der Waals surface area contributed by atoms with Gasteiger partial charge in [-0.1, -0.05) is 12.1 Å². The number of fused-ring (bicyclic) bond motifs is 1.